The van der Waals surface area contributed by atoms with E-state index < -0.39 is 27.6 Å². The molecule has 3 atom stereocenters. The number of hydrogen-bond acceptors (Lipinski definition) is 6. The summed E-state index contributed by atoms with van der Waals surface area (Å²) in [5.74, 6) is -0.608. The van der Waals surface area contributed by atoms with E-state index in [0.717, 1.165) is 29.5 Å². The molecule has 6 N–H and O–H groups in total. The summed E-state index contributed by atoms with van der Waals surface area (Å²) in [6, 6.07) is 12.4. The highest BCUT2D eigenvalue weighted by Crippen LogP contribution is 2.23. The van der Waals surface area contributed by atoms with E-state index in [4.69, 9.17) is 11.5 Å². The van der Waals surface area contributed by atoms with Gasteiger partial charge in [-0.15, -0.1) is 0 Å². The largest absolute Gasteiger partial charge is 0.508 e. The first-order chi connectivity index (χ1) is 15.5. The van der Waals surface area contributed by atoms with Crippen molar-refractivity contribution in [2.75, 3.05) is 12.8 Å². The normalized spacial score (nSPS) is 14.8. The Balaban J connectivity index is 1.91. The van der Waals surface area contributed by atoms with E-state index in [0.29, 0.717) is 13.0 Å². The zero-order valence-electron chi connectivity index (χ0n) is 19.6. The van der Waals surface area contributed by atoms with E-state index in [-0.39, 0.29) is 24.4 Å². The molecule has 1 amide bonds. The summed E-state index contributed by atoms with van der Waals surface area (Å²) in [5.41, 5.74) is 16.1. The predicted octanol–water partition coefficient (Wildman–Crippen LogP) is 2.01. The van der Waals surface area contributed by atoms with Crippen molar-refractivity contribution in [1.82, 2.24) is 5.32 Å². The molecule has 0 radical (unpaired) electrons. The number of rotatable bonds is 12. The van der Waals surface area contributed by atoms with Gasteiger partial charge in [0.2, 0.25) is 0 Å². The minimum absolute atomic E-state index is 0.0507. The quantitative estimate of drug-likeness (QED) is 0.348. The van der Waals surface area contributed by atoms with Crippen LogP contribution in [0.5, 0.6) is 5.75 Å². The number of ketones is 1. The Morgan fingerprint density at radius 2 is 1.76 bits per heavy atom. The van der Waals surface area contributed by atoms with Gasteiger partial charge in [0, 0.05) is 30.0 Å². The van der Waals surface area contributed by atoms with Gasteiger partial charge in [0.1, 0.15) is 11.5 Å². The minimum atomic E-state index is -1.67. The summed E-state index contributed by atoms with van der Waals surface area (Å²) in [6.07, 6.45) is 3.10. The van der Waals surface area contributed by atoms with E-state index >= 15 is 0 Å². The van der Waals surface area contributed by atoms with Gasteiger partial charge in [-0.1, -0.05) is 30.3 Å². The van der Waals surface area contributed by atoms with Crippen molar-refractivity contribution in [1.29, 1.82) is 0 Å². The molecule has 8 heteroatoms. The van der Waals surface area contributed by atoms with Gasteiger partial charge >= 0.3 is 0 Å². The highest BCUT2D eigenvalue weighted by atomic mass is 32.2. The van der Waals surface area contributed by atoms with Crippen LogP contribution >= 0.6 is 0 Å². The Kier molecular flexibility index (Phi) is 9.76. The molecule has 0 aliphatic heterocycles. The zero-order chi connectivity index (χ0) is 24.6. The number of carbonyl (C=O) groups excluding carboxylic acids is 2. The van der Waals surface area contributed by atoms with Gasteiger partial charge in [-0.05, 0) is 73.9 Å². The smallest absolute Gasteiger partial charge is 0.253 e. The van der Waals surface area contributed by atoms with Gasteiger partial charge in [0.05, 0.1) is 6.04 Å². The summed E-state index contributed by atoms with van der Waals surface area (Å²) in [6.45, 7) is 4.11. The van der Waals surface area contributed by atoms with Crippen molar-refractivity contribution in [2.45, 2.75) is 56.9 Å². The first kappa shape index (κ1) is 26.7. The summed E-state index contributed by atoms with van der Waals surface area (Å²) < 4.78 is 12.3. The summed E-state index contributed by atoms with van der Waals surface area (Å²) in [5, 5.41) is 12.5. The molecule has 0 saturated carbocycles. The Morgan fingerprint density at radius 1 is 1.15 bits per heavy atom. The van der Waals surface area contributed by atoms with E-state index in [9.17, 15) is 18.9 Å². The van der Waals surface area contributed by atoms with Crippen molar-refractivity contribution in [3.05, 3.63) is 64.7 Å². The van der Waals surface area contributed by atoms with Crippen molar-refractivity contribution in [3.8, 4) is 5.75 Å². The Bertz CT molecular complexity index is 973. The van der Waals surface area contributed by atoms with Crippen molar-refractivity contribution in [3.63, 3.8) is 0 Å². The van der Waals surface area contributed by atoms with Crippen LogP contribution in [0, 0.1) is 13.8 Å². The fourth-order valence-corrected chi connectivity index (χ4v) is 4.52. The molecule has 33 heavy (non-hydrogen) atoms. The van der Waals surface area contributed by atoms with Crippen LogP contribution in [-0.4, -0.2) is 44.7 Å². The molecule has 0 aromatic heterocycles. The van der Waals surface area contributed by atoms with Gasteiger partial charge < -0.3 is 21.9 Å². The highest BCUT2D eigenvalue weighted by Gasteiger charge is 2.38. The van der Waals surface area contributed by atoms with E-state index in [1.165, 1.54) is 11.8 Å². The maximum Gasteiger partial charge on any atom is 0.253 e. The van der Waals surface area contributed by atoms with Crippen LogP contribution in [0.15, 0.2) is 42.5 Å². The molecule has 7 nitrogen and oxygen atoms in total. The lowest BCUT2D eigenvalue weighted by molar-refractivity contribution is -0.124. The molecule has 2 aromatic rings. The number of nitrogens with one attached hydrogen (secondary N) is 1. The van der Waals surface area contributed by atoms with Crippen molar-refractivity contribution < 1.29 is 18.9 Å². The molecular weight excluding hydrogens is 438 g/mol. The molecule has 180 valence electrons. The van der Waals surface area contributed by atoms with Gasteiger partial charge in [-0.25, -0.2) is 0 Å². The lowest BCUT2D eigenvalue weighted by atomic mass is 9.93. The molecule has 2 unspecified atom stereocenters. The molecule has 0 spiro atoms. The minimum Gasteiger partial charge on any atom is -0.508 e. The van der Waals surface area contributed by atoms with Crippen LogP contribution in [0.2, 0.25) is 0 Å². The molecule has 0 fully saturated rings. The number of aromatic hydroxyl groups is 1. The number of nitrogens with two attached hydrogens (primary N) is 2. The summed E-state index contributed by atoms with van der Waals surface area (Å²) >= 11 is 0. The first-order valence-electron chi connectivity index (χ1n) is 11.1. The van der Waals surface area contributed by atoms with Crippen LogP contribution in [-0.2, 0) is 33.2 Å². The zero-order valence-corrected chi connectivity index (χ0v) is 20.4. The Hall–Kier alpha value is -2.55. The van der Waals surface area contributed by atoms with Gasteiger partial charge in [0.15, 0.2) is 4.87 Å². The van der Waals surface area contributed by atoms with E-state index in [2.05, 4.69) is 5.32 Å². The van der Waals surface area contributed by atoms with Gasteiger partial charge in [-0.2, -0.15) is 0 Å². The molecule has 2 rings (SSSR count). The maximum absolute atomic E-state index is 12.7. The van der Waals surface area contributed by atoms with E-state index in [1.807, 2.05) is 44.2 Å². The predicted molar refractivity (Wildman–Crippen MR) is 132 cm³/mol. The standard InChI is InChI=1S/C25H35N3O4S/c1-17-14-20(29)15-18(2)21(17)16-22(26)23(30)11-12-25(27,33(3)32)24(31)28-13-7-10-19-8-5-4-6-9-19/h4-6,8-9,14-15,22,29H,7,10-13,16,26-27H2,1-3H3,(H,28,31)/t22-,25?,33?/m1/s1. The Labute approximate surface area is 198 Å². The third-order valence-corrected chi connectivity index (χ3v) is 7.34. The SMILES string of the molecule is Cc1cc(O)cc(C)c1C[C@@H](N)C(=O)CCC(N)(C(=O)NCCCc1ccccc1)S(C)=O. The van der Waals surface area contributed by atoms with Crippen LogP contribution < -0.4 is 16.8 Å². The number of phenolic OH excluding ortho intramolecular Hbond substituents is 1. The number of aryl methyl sites for hydroxylation is 3. The molecular formula is C25H35N3O4S. The second kappa shape index (κ2) is 12.1. The monoisotopic (exact) mass is 473 g/mol. The first-order valence-corrected chi connectivity index (χ1v) is 12.6. The van der Waals surface area contributed by atoms with Crippen molar-refractivity contribution in [2.24, 2.45) is 11.5 Å². The van der Waals surface area contributed by atoms with Gasteiger partial charge in [-0.3, -0.25) is 13.8 Å². The maximum atomic E-state index is 12.7. The lowest BCUT2D eigenvalue weighted by Crippen LogP contribution is -2.57. The van der Waals surface area contributed by atoms with Gasteiger partial charge in [0.25, 0.3) is 5.91 Å². The number of phenols is 1. The molecule has 0 heterocycles. The second-order valence-electron chi connectivity index (χ2n) is 8.52. The lowest BCUT2D eigenvalue weighted by Gasteiger charge is -2.26. The number of benzene rings is 2. The molecule has 2 aromatic carbocycles. The Morgan fingerprint density at radius 3 is 2.33 bits per heavy atom. The fourth-order valence-electron chi connectivity index (χ4n) is 3.80. The average molecular weight is 474 g/mol. The number of carbonyl (C=O) groups is 2. The summed E-state index contributed by atoms with van der Waals surface area (Å²) in [7, 11) is -1.67. The van der Waals surface area contributed by atoms with E-state index in [1.54, 1.807) is 12.1 Å². The number of hydrogen-bond donors (Lipinski definition) is 4. The highest BCUT2D eigenvalue weighted by molar-refractivity contribution is 7.86. The second-order valence-corrected chi connectivity index (χ2v) is 10.2. The fraction of sp³-hybridized carbons (Fsp3) is 0.440. The topological polar surface area (TPSA) is 136 Å². The van der Waals surface area contributed by atoms with Crippen LogP contribution in [0.4, 0.5) is 0 Å². The molecule has 0 aliphatic rings. The van der Waals surface area contributed by atoms with Crippen LogP contribution in [0.1, 0.15) is 41.5 Å². The molecule has 0 saturated heterocycles. The third kappa shape index (κ3) is 7.48. The number of amides is 1. The average Bonchev–Trinajstić information content (AvgIpc) is 2.77. The van der Waals surface area contributed by atoms with Crippen LogP contribution in [0.3, 0.4) is 0 Å². The molecule has 0 bridgehead atoms. The number of Topliss-reactive ketones (excluding diaryl/α,β-unsaturated/α-hetero) is 1. The van der Waals surface area contributed by atoms with Crippen LogP contribution in [0.25, 0.3) is 0 Å². The van der Waals surface area contributed by atoms with Crippen molar-refractivity contribution >= 4 is 22.5 Å². The third-order valence-electron chi connectivity index (χ3n) is 5.93. The summed E-state index contributed by atoms with van der Waals surface area (Å²) in [4.78, 5) is 23.7. The molecule has 0 aliphatic carbocycles.